The van der Waals surface area contributed by atoms with Gasteiger partial charge in [-0.3, -0.25) is 0 Å². The Balaban J connectivity index is 2.29. The predicted molar refractivity (Wildman–Crippen MR) is 42.1 cm³/mol. The van der Waals surface area contributed by atoms with Crippen molar-refractivity contribution < 1.29 is 4.74 Å². The van der Waals surface area contributed by atoms with E-state index < -0.39 is 0 Å². The molecule has 60 valence electrons. The normalized spacial score (nSPS) is 28.8. The zero-order chi connectivity index (χ0) is 7.40. The van der Waals surface area contributed by atoms with Gasteiger partial charge < -0.3 is 10.1 Å². The van der Waals surface area contributed by atoms with Crippen molar-refractivity contribution in [2.75, 3.05) is 20.3 Å². The van der Waals surface area contributed by atoms with Crippen molar-refractivity contribution in [2.45, 2.75) is 25.8 Å². The topological polar surface area (TPSA) is 21.3 Å². The van der Waals surface area contributed by atoms with E-state index in [0.717, 1.165) is 19.1 Å². The van der Waals surface area contributed by atoms with Gasteiger partial charge in [0, 0.05) is 12.6 Å². The second kappa shape index (κ2) is 3.94. The summed E-state index contributed by atoms with van der Waals surface area (Å²) in [5.74, 6) is 0.759. The Morgan fingerprint density at radius 1 is 1.70 bits per heavy atom. The Kier molecular flexibility index (Phi) is 3.16. The van der Waals surface area contributed by atoms with Crippen LogP contribution in [0.1, 0.15) is 19.8 Å². The Bertz CT molecular complexity index is 85.3. The van der Waals surface area contributed by atoms with Crippen LogP contribution in [-0.2, 0) is 4.74 Å². The second-order valence-corrected chi connectivity index (χ2v) is 2.93. The lowest BCUT2D eigenvalue weighted by molar-refractivity contribution is 0.177. The summed E-state index contributed by atoms with van der Waals surface area (Å²) in [5.41, 5.74) is 0. The van der Waals surface area contributed by atoms with E-state index in [-0.39, 0.29) is 0 Å². The van der Waals surface area contributed by atoms with Gasteiger partial charge in [0.15, 0.2) is 0 Å². The van der Waals surface area contributed by atoms with Crippen LogP contribution in [0.2, 0.25) is 0 Å². The molecule has 2 unspecified atom stereocenters. The fraction of sp³-hybridized carbons (Fsp3) is 1.00. The smallest absolute Gasteiger partial charge is 0.0509 e. The quantitative estimate of drug-likeness (QED) is 0.637. The number of rotatable bonds is 3. The molecule has 1 N–H and O–H groups in total. The van der Waals surface area contributed by atoms with Gasteiger partial charge in [0.25, 0.3) is 0 Å². The maximum Gasteiger partial charge on any atom is 0.0509 e. The summed E-state index contributed by atoms with van der Waals surface area (Å²) >= 11 is 0. The van der Waals surface area contributed by atoms with Gasteiger partial charge in [-0.25, -0.2) is 0 Å². The number of nitrogens with one attached hydrogen (secondary N) is 1. The van der Waals surface area contributed by atoms with Crippen molar-refractivity contribution in [1.82, 2.24) is 5.32 Å². The lowest BCUT2D eigenvalue weighted by Crippen LogP contribution is -2.33. The Labute approximate surface area is 63.0 Å². The van der Waals surface area contributed by atoms with Crippen LogP contribution in [0.25, 0.3) is 0 Å². The molecule has 1 aliphatic heterocycles. The van der Waals surface area contributed by atoms with Gasteiger partial charge in [0.05, 0.1) is 6.61 Å². The van der Waals surface area contributed by atoms with Crippen molar-refractivity contribution in [3.8, 4) is 0 Å². The zero-order valence-corrected chi connectivity index (χ0v) is 6.89. The predicted octanol–water partition coefficient (Wildman–Crippen LogP) is 1.02. The van der Waals surface area contributed by atoms with Gasteiger partial charge in [-0.05, 0) is 25.8 Å². The van der Waals surface area contributed by atoms with E-state index in [1.54, 1.807) is 0 Å². The molecule has 1 saturated heterocycles. The molecule has 1 aliphatic rings. The van der Waals surface area contributed by atoms with Gasteiger partial charge >= 0.3 is 0 Å². The largest absolute Gasteiger partial charge is 0.381 e. The Hall–Kier alpha value is -0.0800. The first-order chi connectivity index (χ1) is 4.88. The van der Waals surface area contributed by atoms with E-state index in [0.29, 0.717) is 6.04 Å². The molecule has 2 atom stereocenters. The molecule has 2 nitrogen and oxygen atoms in total. The molecule has 0 aromatic carbocycles. The monoisotopic (exact) mass is 143 g/mol. The molecule has 2 heteroatoms. The molecule has 0 aliphatic carbocycles. The zero-order valence-electron chi connectivity index (χ0n) is 6.89. The number of hydrogen-bond acceptors (Lipinski definition) is 2. The molecule has 0 radical (unpaired) electrons. The van der Waals surface area contributed by atoms with Crippen LogP contribution in [0, 0.1) is 5.92 Å². The minimum absolute atomic E-state index is 0.669. The second-order valence-electron chi connectivity index (χ2n) is 2.93. The molecule has 0 spiro atoms. The fourth-order valence-electron chi connectivity index (χ4n) is 1.64. The summed E-state index contributed by atoms with van der Waals surface area (Å²) in [4.78, 5) is 0. The van der Waals surface area contributed by atoms with Crippen molar-refractivity contribution >= 4 is 0 Å². The van der Waals surface area contributed by atoms with E-state index in [1.807, 2.05) is 7.05 Å². The average molecular weight is 143 g/mol. The SMILES string of the molecule is CCC(NC)C1CCOC1. The van der Waals surface area contributed by atoms with Crippen LogP contribution in [0.5, 0.6) is 0 Å². The van der Waals surface area contributed by atoms with E-state index in [4.69, 9.17) is 4.74 Å². The van der Waals surface area contributed by atoms with Gasteiger partial charge in [0.2, 0.25) is 0 Å². The molecular weight excluding hydrogens is 126 g/mol. The highest BCUT2D eigenvalue weighted by Crippen LogP contribution is 2.17. The van der Waals surface area contributed by atoms with Crippen molar-refractivity contribution in [1.29, 1.82) is 0 Å². The maximum atomic E-state index is 5.30. The first-order valence-electron chi connectivity index (χ1n) is 4.13. The third kappa shape index (κ3) is 1.70. The highest BCUT2D eigenvalue weighted by atomic mass is 16.5. The van der Waals surface area contributed by atoms with Crippen molar-refractivity contribution in [2.24, 2.45) is 5.92 Å². The van der Waals surface area contributed by atoms with Gasteiger partial charge in [-0.1, -0.05) is 6.92 Å². The maximum absolute atomic E-state index is 5.30. The number of hydrogen-bond donors (Lipinski definition) is 1. The third-order valence-electron chi connectivity index (χ3n) is 2.34. The van der Waals surface area contributed by atoms with Gasteiger partial charge in [-0.15, -0.1) is 0 Å². The van der Waals surface area contributed by atoms with Crippen LogP contribution in [0.15, 0.2) is 0 Å². The van der Waals surface area contributed by atoms with E-state index in [1.165, 1.54) is 12.8 Å². The Morgan fingerprint density at radius 2 is 2.50 bits per heavy atom. The summed E-state index contributed by atoms with van der Waals surface area (Å²) in [6.07, 6.45) is 2.45. The standard InChI is InChI=1S/C8H17NO/c1-3-8(9-2)7-4-5-10-6-7/h7-9H,3-6H2,1-2H3. The fourth-order valence-corrected chi connectivity index (χ4v) is 1.64. The molecular formula is C8H17NO. The molecule has 0 aromatic rings. The highest BCUT2D eigenvalue weighted by molar-refractivity contribution is 4.76. The van der Waals surface area contributed by atoms with Crippen LogP contribution >= 0.6 is 0 Å². The Morgan fingerprint density at radius 3 is 2.90 bits per heavy atom. The summed E-state index contributed by atoms with van der Waals surface area (Å²) < 4.78 is 5.30. The minimum atomic E-state index is 0.669. The number of ether oxygens (including phenoxy) is 1. The molecule has 10 heavy (non-hydrogen) atoms. The summed E-state index contributed by atoms with van der Waals surface area (Å²) in [6.45, 7) is 4.14. The van der Waals surface area contributed by atoms with Crippen LogP contribution < -0.4 is 5.32 Å². The van der Waals surface area contributed by atoms with Gasteiger partial charge in [0.1, 0.15) is 0 Å². The highest BCUT2D eigenvalue weighted by Gasteiger charge is 2.22. The minimum Gasteiger partial charge on any atom is -0.381 e. The van der Waals surface area contributed by atoms with Crippen molar-refractivity contribution in [3.05, 3.63) is 0 Å². The first kappa shape index (κ1) is 8.02. The molecule has 0 bridgehead atoms. The van der Waals surface area contributed by atoms with Gasteiger partial charge in [-0.2, -0.15) is 0 Å². The first-order valence-corrected chi connectivity index (χ1v) is 4.13. The molecule has 0 saturated carbocycles. The van der Waals surface area contributed by atoms with Crippen molar-refractivity contribution in [3.63, 3.8) is 0 Å². The van der Waals surface area contributed by atoms with E-state index >= 15 is 0 Å². The van der Waals surface area contributed by atoms with Crippen LogP contribution in [0.3, 0.4) is 0 Å². The molecule has 0 amide bonds. The molecule has 1 heterocycles. The van der Waals surface area contributed by atoms with Crippen LogP contribution in [-0.4, -0.2) is 26.3 Å². The average Bonchev–Trinajstić information content (AvgIpc) is 2.43. The lowest BCUT2D eigenvalue weighted by atomic mass is 9.97. The van der Waals surface area contributed by atoms with E-state index in [2.05, 4.69) is 12.2 Å². The summed E-state index contributed by atoms with van der Waals surface area (Å²) in [7, 11) is 2.03. The molecule has 1 rings (SSSR count). The van der Waals surface area contributed by atoms with E-state index in [9.17, 15) is 0 Å². The molecule has 1 fully saturated rings. The molecule has 0 aromatic heterocycles. The third-order valence-corrected chi connectivity index (χ3v) is 2.34. The van der Waals surface area contributed by atoms with Crippen LogP contribution in [0.4, 0.5) is 0 Å². The summed E-state index contributed by atoms with van der Waals surface area (Å²) in [5, 5.41) is 3.31. The lowest BCUT2D eigenvalue weighted by Gasteiger charge is -2.19. The summed E-state index contributed by atoms with van der Waals surface area (Å²) in [6, 6.07) is 0.669.